The van der Waals surface area contributed by atoms with Gasteiger partial charge in [0, 0.05) is 11.5 Å². The Kier molecular flexibility index (Phi) is 4.72. The first-order chi connectivity index (χ1) is 9.76. The van der Waals surface area contributed by atoms with E-state index in [0.29, 0.717) is 17.6 Å². The molecule has 1 spiro atoms. The van der Waals surface area contributed by atoms with Gasteiger partial charge in [0.2, 0.25) is 0 Å². The van der Waals surface area contributed by atoms with Gasteiger partial charge in [-0.15, -0.1) is 0 Å². The molecule has 3 aliphatic rings. The predicted molar refractivity (Wildman–Crippen MR) is 83.9 cm³/mol. The summed E-state index contributed by atoms with van der Waals surface area (Å²) in [7, 11) is 0. The van der Waals surface area contributed by atoms with Crippen LogP contribution in [0.5, 0.6) is 0 Å². The SMILES string of the molecule is CCNC1CC(OC2CCCCC2C)C12CCCCC2. The van der Waals surface area contributed by atoms with Crippen LogP contribution in [0.25, 0.3) is 0 Å². The fourth-order valence-electron chi connectivity index (χ4n) is 5.05. The number of hydrogen-bond donors (Lipinski definition) is 1. The van der Waals surface area contributed by atoms with Crippen molar-refractivity contribution in [2.75, 3.05) is 6.54 Å². The Bertz CT molecular complexity index is 311. The largest absolute Gasteiger partial charge is 0.374 e. The maximum Gasteiger partial charge on any atom is 0.0665 e. The highest BCUT2D eigenvalue weighted by molar-refractivity contribution is 5.09. The minimum absolute atomic E-state index is 0.491. The van der Waals surface area contributed by atoms with E-state index < -0.39 is 0 Å². The standard InChI is InChI=1S/C18H33NO/c1-3-19-16-13-17(18(16)11-7-4-8-12-18)20-15-10-6-5-9-14(15)2/h14-17,19H,3-13H2,1-2H3. The lowest BCUT2D eigenvalue weighted by atomic mass is 9.55. The number of hydrogen-bond acceptors (Lipinski definition) is 2. The highest BCUT2D eigenvalue weighted by Gasteiger charge is 2.56. The second-order valence-electron chi connectivity index (χ2n) is 7.56. The van der Waals surface area contributed by atoms with Crippen LogP contribution in [0.2, 0.25) is 0 Å². The van der Waals surface area contributed by atoms with Crippen molar-refractivity contribution in [1.29, 1.82) is 0 Å². The van der Waals surface area contributed by atoms with Crippen molar-refractivity contribution < 1.29 is 4.74 Å². The zero-order chi connectivity index (χ0) is 14.0. The summed E-state index contributed by atoms with van der Waals surface area (Å²) in [5.74, 6) is 0.780. The Hall–Kier alpha value is -0.0800. The molecule has 0 bridgehead atoms. The molecule has 0 amide bonds. The molecule has 3 rings (SSSR count). The van der Waals surface area contributed by atoms with Crippen molar-refractivity contribution in [2.45, 2.75) is 96.3 Å². The van der Waals surface area contributed by atoms with Gasteiger partial charge in [0.15, 0.2) is 0 Å². The Morgan fingerprint density at radius 2 is 1.80 bits per heavy atom. The second-order valence-corrected chi connectivity index (χ2v) is 7.56. The van der Waals surface area contributed by atoms with Gasteiger partial charge in [-0.25, -0.2) is 0 Å². The summed E-state index contributed by atoms with van der Waals surface area (Å²) in [6.45, 7) is 5.75. The molecule has 4 atom stereocenters. The first-order valence-corrected chi connectivity index (χ1v) is 9.15. The molecule has 2 nitrogen and oxygen atoms in total. The van der Waals surface area contributed by atoms with E-state index in [4.69, 9.17) is 4.74 Å². The average molecular weight is 279 g/mol. The molecule has 1 N–H and O–H groups in total. The van der Waals surface area contributed by atoms with E-state index in [9.17, 15) is 0 Å². The fourth-order valence-corrected chi connectivity index (χ4v) is 5.05. The summed E-state index contributed by atoms with van der Waals surface area (Å²) in [6, 6.07) is 0.733. The summed E-state index contributed by atoms with van der Waals surface area (Å²) in [4.78, 5) is 0. The maximum atomic E-state index is 6.67. The van der Waals surface area contributed by atoms with Crippen LogP contribution in [0.1, 0.15) is 78.1 Å². The Labute approximate surface area is 125 Å². The highest BCUT2D eigenvalue weighted by Crippen LogP contribution is 2.54. The van der Waals surface area contributed by atoms with Gasteiger partial charge < -0.3 is 10.1 Å². The van der Waals surface area contributed by atoms with Gasteiger partial charge in [0.25, 0.3) is 0 Å². The van der Waals surface area contributed by atoms with Gasteiger partial charge in [0.05, 0.1) is 12.2 Å². The van der Waals surface area contributed by atoms with Gasteiger partial charge in [-0.2, -0.15) is 0 Å². The van der Waals surface area contributed by atoms with Crippen LogP contribution < -0.4 is 5.32 Å². The summed E-state index contributed by atoms with van der Waals surface area (Å²) in [5.41, 5.74) is 0.491. The average Bonchev–Trinajstić information content (AvgIpc) is 2.49. The third-order valence-electron chi connectivity index (χ3n) is 6.39. The van der Waals surface area contributed by atoms with E-state index in [1.54, 1.807) is 0 Å². The van der Waals surface area contributed by atoms with Gasteiger partial charge in [0.1, 0.15) is 0 Å². The monoisotopic (exact) mass is 279 g/mol. The Morgan fingerprint density at radius 1 is 1.05 bits per heavy atom. The van der Waals surface area contributed by atoms with Crippen molar-refractivity contribution >= 4 is 0 Å². The third kappa shape index (κ3) is 2.66. The third-order valence-corrected chi connectivity index (χ3v) is 6.39. The molecule has 0 radical (unpaired) electrons. The Morgan fingerprint density at radius 3 is 2.50 bits per heavy atom. The molecule has 0 aromatic carbocycles. The zero-order valence-corrected chi connectivity index (χ0v) is 13.5. The van der Waals surface area contributed by atoms with Crippen molar-refractivity contribution in [1.82, 2.24) is 5.32 Å². The van der Waals surface area contributed by atoms with Crippen LogP contribution in [0.3, 0.4) is 0 Å². The summed E-state index contributed by atoms with van der Waals surface area (Å²) >= 11 is 0. The van der Waals surface area contributed by atoms with Crippen LogP contribution in [0, 0.1) is 11.3 Å². The zero-order valence-electron chi connectivity index (χ0n) is 13.5. The van der Waals surface area contributed by atoms with Gasteiger partial charge in [-0.05, 0) is 44.6 Å². The van der Waals surface area contributed by atoms with Crippen LogP contribution in [-0.4, -0.2) is 24.8 Å². The molecular weight excluding hydrogens is 246 g/mol. The molecule has 20 heavy (non-hydrogen) atoms. The van der Waals surface area contributed by atoms with E-state index in [2.05, 4.69) is 19.2 Å². The molecule has 0 saturated heterocycles. The molecule has 0 aromatic rings. The quantitative estimate of drug-likeness (QED) is 0.829. The number of ether oxygens (including phenoxy) is 1. The van der Waals surface area contributed by atoms with Gasteiger partial charge >= 0.3 is 0 Å². The smallest absolute Gasteiger partial charge is 0.0665 e. The summed E-state index contributed by atoms with van der Waals surface area (Å²) in [5, 5.41) is 3.74. The Balaban J connectivity index is 1.63. The summed E-state index contributed by atoms with van der Waals surface area (Å²) in [6.07, 6.45) is 14.9. The van der Waals surface area contributed by atoms with E-state index in [1.165, 1.54) is 64.2 Å². The molecule has 0 aromatic heterocycles. The molecule has 2 heteroatoms. The van der Waals surface area contributed by atoms with E-state index >= 15 is 0 Å². The van der Waals surface area contributed by atoms with Crippen LogP contribution in [0.15, 0.2) is 0 Å². The van der Waals surface area contributed by atoms with Crippen molar-refractivity contribution in [2.24, 2.45) is 11.3 Å². The van der Waals surface area contributed by atoms with Gasteiger partial charge in [-0.1, -0.05) is 46.0 Å². The highest BCUT2D eigenvalue weighted by atomic mass is 16.5. The van der Waals surface area contributed by atoms with Crippen molar-refractivity contribution in [3.05, 3.63) is 0 Å². The first kappa shape index (κ1) is 14.8. The molecule has 4 unspecified atom stereocenters. The van der Waals surface area contributed by atoms with Gasteiger partial charge in [-0.3, -0.25) is 0 Å². The summed E-state index contributed by atoms with van der Waals surface area (Å²) < 4.78 is 6.67. The molecule has 3 aliphatic carbocycles. The minimum atomic E-state index is 0.491. The fraction of sp³-hybridized carbons (Fsp3) is 1.00. The number of rotatable bonds is 4. The number of nitrogens with one attached hydrogen (secondary N) is 1. The van der Waals surface area contributed by atoms with Crippen LogP contribution in [-0.2, 0) is 4.74 Å². The van der Waals surface area contributed by atoms with E-state index in [1.807, 2.05) is 0 Å². The molecule has 116 valence electrons. The molecule has 3 fully saturated rings. The molecular formula is C18H33NO. The second kappa shape index (κ2) is 6.36. The predicted octanol–water partition coefficient (Wildman–Crippen LogP) is 4.28. The van der Waals surface area contributed by atoms with Crippen molar-refractivity contribution in [3.8, 4) is 0 Å². The van der Waals surface area contributed by atoms with E-state index in [0.717, 1.165) is 18.5 Å². The topological polar surface area (TPSA) is 21.3 Å². The minimum Gasteiger partial charge on any atom is -0.374 e. The normalized spacial score (nSPS) is 40.5. The lowest BCUT2D eigenvalue weighted by Crippen LogP contribution is -2.65. The maximum absolute atomic E-state index is 6.67. The van der Waals surface area contributed by atoms with Crippen LogP contribution >= 0.6 is 0 Å². The molecule has 0 aliphatic heterocycles. The lowest BCUT2D eigenvalue weighted by Gasteiger charge is -2.59. The van der Waals surface area contributed by atoms with Crippen molar-refractivity contribution in [3.63, 3.8) is 0 Å². The molecule has 3 saturated carbocycles. The van der Waals surface area contributed by atoms with Crippen LogP contribution in [0.4, 0.5) is 0 Å². The first-order valence-electron chi connectivity index (χ1n) is 9.15. The lowest BCUT2D eigenvalue weighted by molar-refractivity contribution is -0.190. The van der Waals surface area contributed by atoms with E-state index in [-0.39, 0.29) is 0 Å². The molecule has 0 heterocycles.